The predicted molar refractivity (Wildman–Crippen MR) is 51.1 cm³/mol. The maximum absolute atomic E-state index is 5.42. The van der Waals surface area contributed by atoms with Crippen LogP contribution in [0.15, 0.2) is 11.6 Å². The monoisotopic (exact) mass is 172 g/mol. The van der Waals surface area contributed by atoms with Gasteiger partial charge in [0.15, 0.2) is 0 Å². The molecule has 1 saturated heterocycles. The summed E-state index contributed by atoms with van der Waals surface area (Å²) in [5, 5.41) is 0.625. The Morgan fingerprint density at radius 2 is 2.36 bits per heavy atom. The Labute approximate surface area is 73.2 Å². The average molecular weight is 172 g/mol. The number of methoxy groups -OCH3 is 1. The molecule has 64 valence electrons. The lowest BCUT2D eigenvalue weighted by molar-refractivity contribution is 0.128. The van der Waals surface area contributed by atoms with Crippen LogP contribution in [0.2, 0.25) is 0 Å². The third-order valence-electron chi connectivity index (χ3n) is 2.19. The summed E-state index contributed by atoms with van der Waals surface area (Å²) in [5.74, 6) is 1.25. The van der Waals surface area contributed by atoms with E-state index in [-0.39, 0.29) is 0 Å². The van der Waals surface area contributed by atoms with E-state index in [0.717, 1.165) is 0 Å². The Bertz CT molecular complexity index is 154. The molecule has 0 saturated carbocycles. The quantitative estimate of drug-likeness (QED) is 0.562. The van der Waals surface area contributed by atoms with Crippen molar-refractivity contribution in [3.05, 3.63) is 11.6 Å². The van der Waals surface area contributed by atoms with Crippen molar-refractivity contribution in [1.29, 1.82) is 0 Å². The molecule has 0 aromatic heterocycles. The molecule has 0 bridgehead atoms. The number of allylic oxidation sites excluding steroid dienone is 1. The third-order valence-corrected chi connectivity index (χ3v) is 3.40. The normalized spacial score (nSPS) is 36.1. The lowest BCUT2D eigenvalue weighted by Gasteiger charge is -2.29. The molecule has 1 aliphatic heterocycles. The van der Waals surface area contributed by atoms with E-state index in [9.17, 15) is 0 Å². The average Bonchev–Trinajstić information content (AvgIpc) is 2.04. The molecule has 1 rings (SSSR count). The maximum Gasteiger partial charge on any atom is 0.0897 e. The molecule has 2 atom stereocenters. The van der Waals surface area contributed by atoms with Crippen molar-refractivity contribution in [2.24, 2.45) is 0 Å². The van der Waals surface area contributed by atoms with Gasteiger partial charge in [-0.1, -0.05) is 13.0 Å². The molecule has 0 amide bonds. The van der Waals surface area contributed by atoms with Gasteiger partial charge in [-0.3, -0.25) is 0 Å². The second-order valence-corrected chi connectivity index (χ2v) is 4.33. The number of rotatable bonds is 1. The Morgan fingerprint density at radius 3 is 2.82 bits per heavy atom. The predicted octanol–water partition coefficient (Wildman–Crippen LogP) is 2.47. The molecule has 2 unspecified atom stereocenters. The van der Waals surface area contributed by atoms with Crippen molar-refractivity contribution in [2.45, 2.75) is 31.6 Å². The van der Waals surface area contributed by atoms with E-state index < -0.39 is 0 Å². The smallest absolute Gasteiger partial charge is 0.0897 e. The van der Waals surface area contributed by atoms with Crippen LogP contribution in [0.5, 0.6) is 0 Å². The Hall–Kier alpha value is 0.0500. The van der Waals surface area contributed by atoms with E-state index in [1.807, 2.05) is 11.8 Å². The highest BCUT2D eigenvalue weighted by Gasteiger charge is 2.24. The van der Waals surface area contributed by atoms with E-state index in [1.54, 1.807) is 7.11 Å². The van der Waals surface area contributed by atoms with Crippen LogP contribution in [0.1, 0.15) is 20.3 Å². The molecule has 0 spiro atoms. The lowest BCUT2D eigenvalue weighted by Crippen LogP contribution is -2.29. The van der Waals surface area contributed by atoms with Crippen molar-refractivity contribution < 1.29 is 4.74 Å². The van der Waals surface area contributed by atoms with Gasteiger partial charge in [0, 0.05) is 12.4 Å². The summed E-state index contributed by atoms with van der Waals surface area (Å²) in [7, 11) is 1.80. The van der Waals surface area contributed by atoms with Crippen molar-refractivity contribution in [3.63, 3.8) is 0 Å². The third kappa shape index (κ3) is 2.00. The molecule has 1 nitrogen and oxygen atoms in total. The minimum absolute atomic E-state index is 0.360. The van der Waals surface area contributed by atoms with Crippen molar-refractivity contribution >= 4 is 11.8 Å². The summed E-state index contributed by atoms with van der Waals surface area (Å²) in [5.41, 5.74) is 1.47. The molecular formula is C9H16OS. The van der Waals surface area contributed by atoms with E-state index in [2.05, 4.69) is 19.9 Å². The minimum Gasteiger partial charge on any atom is -0.376 e. The summed E-state index contributed by atoms with van der Waals surface area (Å²) in [4.78, 5) is 0. The molecule has 1 heterocycles. The second-order valence-electron chi connectivity index (χ2n) is 2.85. The molecule has 0 radical (unpaired) electrons. The molecule has 0 aromatic rings. The van der Waals surface area contributed by atoms with Crippen LogP contribution in [0.3, 0.4) is 0 Å². The molecular weight excluding hydrogens is 156 g/mol. The van der Waals surface area contributed by atoms with Gasteiger partial charge in [-0.05, 0) is 24.7 Å². The van der Waals surface area contributed by atoms with Crippen LogP contribution < -0.4 is 0 Å². The molecule has 0 N–H and O–H groups in total. The highest BCUT2D eigenvalue weighted by atomic mass is 32.2. The van der Waals surface area contributed by atoms with E-state index in [1.165, 1.54) is 17.7 Å². The zero-order valence-corrected chi connectivity index (χ0v) is 8.28. The van der Waals surface area contributed by atoms with Gasteiger partial charge in [-0.25, -0.2) is 0 Å². The Kier molecular flexibility index (Phi) is 3.46. The number of hydrogen-bond donors (Lipinski definition) is 0. The van der Waals surface area contributed by atoms with Gasteiger partial charge in [0.1, 0.15) is 0 Å². The summed E-state index contributed by atoms with van der Waals surface area (Å²) in [6.07, 6.45) is 3.76. The van der Waals surface area contributed by atoms with Crippen molar-refractivity contribution in [2.75, 3.05) is 12.9 Å². The summed E-state index contributed by atoms with van der Waals surface area (Å²) in [6.45, 7) is 4.34. The first-order valence-corrected chi connectivity index (χ1v) is 5.14. The van der Waals surface area contributed by atoms with Gasteiger partial charge in [-0.15, -0.1) is 0 Å². The van der Waals surface area contributed by atoms with Gasteiger partial charge in [0.2, 0.25) is 0 Å². The van der Waals surface area contributed by atoms with Crippen LogP contribution in [0.4, 0.5) is 0 Å². The fourth-order valence-corrected chi connectivity index (χ4v) is 2.73. The van der Waals surface area contributed by atoms with Crippen molar-refractivity contribution in [3.8, 4) is 0 Å². The molecule has 2 heteroatoms. The van der Waals surface area contributed by atoms with Crippen LogP contribution in [0, 0.1) is 0 Å². The first kappa shape index (κ1) is 9.14. The Morgan fingerprint density at radius 1 is 1.64 bits per heavy atom. The van der Waals surface area contributed by atoms with Crippen LogP contribution in [-0.2, 0) is 4.74 Å². The van der Waals surface area contributed by atoms with Gasteiger partial charge < -0.3 is 4.74 Å². The van der Waals surface area contributed by atoms with E-state index in [0.29, 0.717) is 11.4 Å². The number of ether oxygens (including phenoxy) is 1. The van der Waals surface area contributed by atoms with Crippen LogP contribution >= 0.6 is 11.8 Å². The SMILES string of the molecule is C/C=C1/CCSC(C)C1OC. The summed E-state index contributed by atoms with van der Waals surface area (Å²) >= 11 is 2.00. The zero-order valence-electron chi connectivity index (χ0n) is 7.46. The maximum atomic E-state index is 5.42. The van der Waals surface area contributed by atoms with Crippen LogP contribution in [0.25, 0.3) is 0 Å². The van der Waals surface area contributed by atoms with E-state index >= 15 is 0 Å². The topological polar surface area (TPSA) is 9.23 Å². The van der Waals surface area contributed by atoms with Crippen molar-refractivity contribution in [1.82, 2.24) is 0 Å². The first-order valence-electron chi connectivity index (χ1n) is 4.09. The molecule has 1 aliphatic rings. The fourth-order valence-electron chi connectivity index (χ4n) is 1.55. The van der Waals surface area contributed by atoms with Gasteiger partial charge in [0.05, 0.1) is 6.10 Å². The van der Waals surface area contributed by atoms with Gasteiger partial charge in [-0.2, -0.15) is 11.8 Å². The number of thioether (sulfide) groups is 1. The van der Waals surface area contributed by atoms with E-state index in [4.69, 9.17) is 4.74 Å². The van der Waals surface area contributed by atoms with Gasteiger partial charge >= 0.3 is 0 Å². The molecule has 1 fully saturated rings. The standard InChI is InChI=1S/C9H16OS/c1-4-8-5-6-11-7(2)9(8)10-3/h4,7,9H,5-6H2,1-3H3/b8-4-. The zero-order chi connectivity index (χ0) is 8.27. The second kappa shape index (κ2) is 4.17. The van der Waals surface area contributed by atoms with Crippen LogP contribution in [-0.4, -0.2) is 24.2 Å². The minimum atomic E-state index is 0.360. The lowest BCUT2D eigenvalue weighted by atomic mass is 10.0. The molecule has 11 heavy (non-hydrogen) atoms. The Balaban J connectivity index is 2.64. The number of hydrogen-bond acceptors (Lipinski definition) is 2. The largest absolute Gasteiger partial charge is 0.376 e. The summed E-state index contributed by atoms with van der Waals surface area (Å²) < 4.78 is 5.42. The summed E-state index contributed by atoms with van der Waals surface area (Å²) in [6, 6.07) is 0. The first-order chi connectivity index (χ1) is 5.29. The molecule has 0 aromatic carbocycles. The fraction of sp³-hybridized carbons (Fsp3) is 0.778. The highest BCUT2D eigenvalue weighted by molar-refractivity contribution is 8.00. The van der Waals surface area contributed by atoms with Gasteiger partial charge in [0.25, 0.3) is 0 Å². The highest BCUT2D eigenvalue weighted by Crippen LogP contribution is 2.30. The molecule has 0 aliphatic carbocycles.